The maximum Gasteiger partial charge on any atom is 0.242 e. The van der Waals surface area contributed by atoms with E-state index in [0.717, 1.165) is 5.56 Å². The molecular weight excluding hydrogens is 252 g/mol. The van der Waals surface area contributed by atoms with Gasteiger partial charge in [-0.05, 0) is 37.5 Å². The standard InChI is InChI=1S/C12H18N2O3S/c1-8-3-4-12(11(13)5-8)18(15,16)14-9-6-10(7-9)17-2/h3-5,9-10,14H,6-7,13H2,1-2H3. The fourth-order valence-electron chi connectivity index (χ4n) is 2.05. The summed E-state index contributed by atoms with van der Waals surface area (Å²) in [6, 6.07) is 4.89. The van der Waals surface area contributed by atoms with E-state index in [1.165, 1.54) is 0 Å². The van der Waals surface area contributed by atoms with Gasteiger partial charge in [-0.1, -0.05) is 6.07 Å². The van der Waals surface area contributed by atoms with Gasteiger partial charge in [0.1, 0.15) is 4.90 Å². The zero-order chi connectivity index (χ0) is 13.3. The van der Waals surface area contributed by atoms with E-state index in [9.17, 15) is 8.42 Å². The Bertz CT molecular complexity index is 536. The number of anilines is 1. The Balaban J connectivity index is 2.11. The highest BCUT2D eigenvalue weighted by Gasteiger charge is 2.33. The number of hydrogen-bond acceptors (Lipinski definition) is 4. The minimum Gasteiger partial charge on any atom is -0.398 e. The molecule has 1 saturated carbocycles. The number of rotatable bonds is 4. The van der Waals surface area contributed by atoms with Gasteiger partial charge in [0.25, 0.3) is 0 Å². The fourth-order valence-corrected chi connectivity index (χ4v) is 3.42. The van der Waals surface area contributed by atoms with Crippen LogP contribution in [0, 0.1) is 6.92 Å². The molecule has 1 aromatic carbocycles. The Morgan fingerprint density at radius 3 is 2.61 bits per heavy atom. The molecule has 100 valence electrons. The highest BCUT2D eigenvalue weighted by Crippen LogP contribution is 2.26. The number of nitrogens with two attached hydrogens (primary N) is 1. The first kappa shape index (κ1) is 13.3. The van der Waals surface area contributed by atoms with Crippen LogP contribution in [0.3, 0.4) is 0 Å². The van der Waals surface area contributed by atoms with Crippen molar-refractivity contribution in [1.82, 2.24) is 4.72 Å². The van der Waals surface area contributed by atoms with Crippen LogP contribution in [0.4, 0.5) is 5.69 Å². The van der Waals surface area contributed by atoms with Crippen LogP contribution in [0.15, 0.2) is 23.1 Å². The summed E-state index contributed by atoms with van der Waals surface area (Å²) in [5.74, 6) is 0. The van der Waals surface area contributed by atoms with E-state index in [1.54, 1.807) is 25.3 Å². The Hall–Kier alpha value is -1.11. The molecule has 0 atom stereocenters. The summed E-state index contributed by atoms with van der Waals surface area (Å²) >= 11 is 0. The molecule has 5 nitrogen and oxygen atoms in total. The molecule has 6 heteroatoms. The smallest absolute Gasteiger partial charge is 0.242 e. The first-order valence-electron chi connectivity index (χ1n) is 5.83. The summed E-state index contributed by atoms with van der Waals surface area (Å²) in [5, 5.41) is 0. The van der Waals surface area contributed by atoms with Gasteiger partial charge in [0, 0.05) is 13.2 Å². The number of hydrogen-bond donors (Lipinski definition) is 2. The maximum absolute atomic E-state index is 12.1. The Morgan fingerprint density at radius 2 is 2.06 bits per heavy atom. The molecule has 0 amide bonds. The normalized spacial score (nSPS) is 23.7. The third-order valence-corrected chi connectivity index (χ3v) is 4.80. The summed E-state index contributed by atoms with van der Waals surface area (Å²) in [6.45, 7) is 1.87. The summed E-state index contributed by atoms with van der Waals surface area (Å²) in [4.78, 5) is 0.147. The number of methoxy groups -OCH3 is 1. The molecular formula is C12H18N2O3S. The van der Waals surface area contributed by atoms with E-state index in [2.05, 4.69) is 4.72 Å². The second kappa shape index (κ2) is 4.87. The molecule has 0 bridgehead atoms. The van der Waals surface area contributed by atoms with Crippen LogP contribution < -0.4 is 10.5 Å². The van der Waals surface area contributed by atoms with Gasteiger partial charge in [-0.2, -0.15) is 0 Å². The van der Waals surface area contributed by atoms with Gasteiger partial charge in [-0.3, -0.25) is 0 Å². The minimum absolute atomic E-state index is 0.0550. The van der Waals surface area contributed by atoms with Crippen LogP contribution in [0.2, 0.25) is 0 Å². The summed E-state index contributed by atoms with van der Waals surface area (Å²) < 4.78 is 32.0. The number of nitrogens with one attached hydrogen (secondary N) is 1. The highest BCUT2D eigenvalue weighted by molar-refractivity contribution is 7.89. The molecule has 1 aliphatic carbocycles. The second-order valence-electron chi connectivity index (χ2n) is 4.69. The quantitative estimate of drug-likeness (QED) is 0.801. The van der Waals surface area contributed by atoms with Gasteiger partial charge < -0.3 is 10.5 Å². The van der Waals surface area contributed by atoms with Crippen molar-refractivity contribution in [3.8, 4) is 0 Å². The molecule has 0 unspecified atom stereocenters. The van der Waals surface area contributed by atoms with Crippen molar-refractivity contribution in [2.45, 2.75) is 36.8 Å². The zero-order valence-electron chi connectivity index (χ0n) is 10.5. The van der Waals surface area contributed by atoms with Gasteiger partial charge in [-0.15, -0.1) is 0 Å². The van der Waals surface area contributed by atoms with Crippen molar-refractivity contribution in [3.05, 3.63) is 23.8 Å². The van der Waals surface area contributed by atoms with Gasteiger partial charge >= 0.3 is 0 Å². The lowest BCUT2D eigenvalue weighted by atomic mass is 9.90. The molecule has 1 aliphatic rings. The van der Waals surface area contributed by atoms with E-state index < -0.39 is 10.0 Å². The molecule has 0 aromatic heterocycles. The van der Waals surface area contributed by atoms with Crippen LogP contribution in [0.25, 0.3) is 0 Å². The number of nitrogen functional groups attached to an aromatic ring is 1. The van der Waals surface area contributed by atoms with Crippen LogP contribution in [-0.4, -0.2) is 27.7 Å². The number of aryl methyl sites for hydroxylation is 1. The monoisotopic (exact) mass is 270 g/mol. The molecule has 2 rings (SSSR count). The van der Waals surface area contributed by atoms with E-state index >= 15 is 0 Å². The van der Waals surface area contributed by atoms with Gasteiger partial charge in [-0.25, -0.2) is 13.1 Å². The Kier molecular flexibility index (Phi) is 3.61. The number of sulfonamides is 1. The van der Waals surface area contributed by atoms with Crippen LogP contribution in [-0.2, 0) is 14.8 Å². The lowest BCUT2D eigenvalue weighted by Crippen LogP contribution is -2.47. The minimum atomic E-state index is -3.53. The van der Waals surface area contributed by atoms with Crippen molar-refractivity contribution < 1.29 is 13.2 Å². The molecule has 3 N–H and O–H groups in total. The first-order chi connectivity index (χ1) is 8.42. The van der Waals surface area contributed by atoms with E-state index in [1.807, 2.05) is 6.92 Å². The van der Waals surface area contributed by atoms with E-state index in [4.69, 9.17) is 10.5 Å². The van der Waals surface area contributed by atoms with Gasteiger partial charge in [0.05, 0.1) is 11.8 Å². The van der Waals surface area contributed by atoms with Crippen molar-refractivity contribution in [2.24, 2.45) is 0 Å². The average molecular weight is 270 g/mol. The van der Waals surface area contributed by atoms with Crippen molar-refractivity contribution >= 4 is 15.7 Å². The number of benzene rings is 1. The molecule has 0 radical (unpaired) electrons. The van der Waals surface area contributed by atoms with Gasteiger partial charge in [0.15, 0.2) is 0 Å². The van der Waals surface area contributed by atoms with Crippen molar-refractivity contribution in [3.63, 3.8) is 0 Å². The maximum atomic E-state index is 12.1. The summed E-state index contributed by atoms with van der Waals surface area (Å²) in [6.07, 6.45) is 1.58. The van der Waals surface area contributed by atoms with Crippen molar-refractivity contribution in [1.29, 1.82) is 0 Å². The lowest BCUT2D eigenvalue weighted by molar-refractivity contribution is 0.0236. The predicted molar refractivity (Wildman–Crippen MR) is 69.7 cm³/mol. The first-order valence-corrected chi connectivity index (χ1v) is 7.32. The Labute approximate surface area is 107 Å². The summed E-state index contributed by atoms with van der Waals surface area (Å²) in [5.41, 5.74) is 6.97. The molecule has 0 saturated heterocycles. The Morgan fingerprint density at radius 1 is 1.39 bits per heavy atom. The topological polar surface area (TPSA) is 81.4 Å². The average Bonchev–Trinajstić information content (AvgIpc) is 2.22. The van der Waals surface area contributed by atoms with Crippen LogP contribution in [0.5, 0.6) is 0 Å². The largest absolute Gasteiger partial charge is 0.398 e. The van der Waals surface area contributed by atoms with E-state index in [0.29, 0.717) is 12.8 Å². The zero-order valence-corrected chi connectivity index (χ0v) is 11.3. The summed E-state index contributed by atoms with van der Waals surface area (Å²) in [7, 11) is -1.90. The van der Waals surface area contributed by atoms with Gasteiger partial charge in [0.2, 0.25) is 10.0 Å². The third-order valence-electron chi connectivity index (χ3n) is 3.20. The highest BCUT2D eigenvalue weighted by atomic mass is 32.2. The second-order valence-corrected chi connectivity index (χ2v) is 6.37. The molecule has 0 aliphatic heterocycles. The fraction of sp³-hybridized carbons (Fsp3) is 0.500. The molecule has 1 fully saturated rings. The third kappa shape index (κ3) is 2.66. The van der Waals surface area contributed by atoms with E-state index in [-0.39, 0.29) is 22.7 Å². The number of ether oxygens (including phenoxy) is 1. The molecule has 0 heterocycles. The van der Waals surface area contributed by atoms with Crippen LogP contribution in [0.1, 0.15) is 18.4 Å². The predicted octanol–water partition coefficient (Wildman–Crippen LogP) is 1.03. The lowest BCUT2D eigenvalue weighted by Gasteiger charge is -2.34. The molecule has 1 aromatic rings. The SMILES string of the molecule is COC1CC(NS(=O)(=O)c2ccc(C)cc2N)C1. The van der Waals surface area contributed by atoms with Crippen LogP contribution >= 0.6 is 0 Å². The van der Waals surface area contributed by atoms with Crippen molar-refractivity contribution in [2.75, 3.05) is 12.8 Å². The molecule has 18 heavy (non-hydrogen) atoms. The molecule has 0 spiro atoms.